The second kappa shape index (κ2) is 11.7. The van der Waals surface area contributed by atoms with Crippen LogP contribution in [-0.2, 0) is 13.1 Å². The Balaban J connectivity index is 1.67. The van der Waals surface area contributed by atoms with Gasteiger partial charge in [0.1, 0.15) is 11.5 Å². The number of aryl methyl sites for hydroxylation is 1. The van der Waals surface area contributed by atoms with Gasteiger partial charge < -0.3 is 14.3 Å². The number of ether oxygens (including phenoxy) is 1. The highest BCUT2D eigenvalue weighted by Crippen LogP contribution is 2.32. The van der Waals surface area contributed by atoms with E-state index in [-0.39, 0.29) is 0 Å². The lowest BCUT2D eigenvalue weighted by atomic mass is 10.1. The van der Waals surface area contributed by atoms with Crippen LogP contribution in [0.15, 0.2) is 83.5 Å². The van der Waals surface area contributed by atoms with E-state index >= 15 is 0 Å². The van der Waals surface area contributed by atoms with E-state index in [1.54, 1.807) is 6.26 Å². The van der Waals surface area contributed by atoms with Gasteiger partial charge in [0.05, 0.1) is 35.9 Å². The highest BCUT2D eigenvalue weighted by atomic mass is 16.5. The number of hydrogen-bond acceptors (Lipinski definition) is 5. The number of unbranched alkanes of at least 4 members (excludes halogenated alkanes) is 1. The van der Waals surface area contributed by atoms with Gasteiger partial charge in [0.15, 0.2) is 0 Å². The monoisotopic (exact) mass is 459 g/mol. The Morgan fingerprint density at radius 1 is 1.00 bits per heavy atom. The van der Waals surface area contributed by atoms with Crippen LogP contribution in [0.5, 0.6) is 11.6 Å². The lowest BCUT2D eigenvalue weighted by Gasteiger charge is -2.24. The third-order valence-electron chi connectivity index (χ3n) is 5.80. The van der Waals surface area contributed by atoms with Crippen LogP contribution >= 0.6 is 0 Å². The lowest BCUT2D eigenvalue weighted by molar-refractivity contribution is 0.0915. The van der Waals surface area contributed by atoms with E-state index in [1.807, 2.05) is 84.4 Å². The van der Waals surface area contributed by atoms with Gasteiger partial charge in [0.2, 0.25) is 5.88 Å². The van der Waals surface area contributed by atoms with Crippen LogP contribution in [0, 0.1) is 6.92 Å². The van der Waals surface area contributed by atoms with Crippen LogP contribution < -0.4 is 4.74 Å². The Morgan fingerprint density at radius 2 is 1.74 bits per heavy atom. The molecule has 0 aliphatic rings. The van der Waals surface area contributed by atoms with Crippen molar-refractivity contribution in [2.45, 2.75) is 52.3 Å². The van der Waals surface area contributed by atoms with Crippen LogP contribution in [0.4, 0.5) is 0 Å². The first kappa shape index (κ1) is 23.8. The molecule has 0 bridgehead atoms. The third-order valence-corrected chi connectivity index (χ3v) is 5.80. The van der Waals surface area contributed by atoms with Crippen molar-refractivity contribution in [2.75, 3.05) is 6.54 Å². The summed E-state index contributed by atoms with van der Waals surface area (Å²) in [6, 6.07) is 23.6. The van der Waals surface area contributed by atoms with Gasteiger partial charge in [-0.05, 0) is 49.7 Å². The summed E-state index contributed by atoms with van der Waals surface area (Å²) in [6.07, 6.45) is 4.12. The second-order valence-electron chi connectivity index (χ2n) is 8.58. The van der Waals surface area contributed by atoms with Gasteiger partial charge in [-0.1, -0.05) is 56.2 Å². The average Bonchev–Trinajstić information content (AvgIpc) is 3.47. The smallest absolute Gasteiger partial charge is 0.227 e. The van der Waals surface area contributed by atoms with Crippen molar-refractivity contribution < 1.29 is 14.3 Å². The van der Waals surface area contributed by atoms with Crippen LogP contribution in [0.2, 0.25) is 0 Å². The van der Waals surface area contributed by atoms with Gasteiger partial charge in [0, 0.05) is 13.1 Å². The Bertz CT molecular complexity index is 1120. The largest absolute Gasteiger partial charge is 0.468 e. The van der Waals surface area contributed by atoms with Gasteiger partial charge >= 0.3 is 0 Å². The Hall–Kier alpha value is -3.35. The predicted molar refractivity (Wildman–Crippen MR) is 133 cm³/mol. The molecule has 1 atom stereocenters. The Kier molecular flexibility index (Phi) is 8.17. The minimum absolute atomic E-state index is 0.405. The minimum Gasteiger partial charge on any atom is -0.468 e. The molecule has 2 aromatic carbocycles. The summed E-state index contributed by atoms with van der Waals surface area (Å²) in [5, 5.41) is 15.5. The molecule has 0 saturated carbocycles. The molecular formula is C28H33N3O3. The molecule has 0 amide bonds. The van der Waals surface area contributed by atoms with Gasteiger partial charge in [-0.3, -0.25) is 4.90 Å². The number of aliphatic hydroxyl groups excluding tert-OH is 1. The van der Waals surface area contributed by atoms with Gasteiger partial charge in [-0.2, -0.15) is 5.10 Å². The summed E-state index contributed by atoms with van der Waals surface area (Å²) in [7, 11) is 0. The zero-order valence-electron chi connectivity index (χ0n) is 19.9. The zero-order valence-corrected chi connectivity index (χ0v) is 19.9. The number of hydrogen-bond donors (Lipinski definition) is 1. The molecule has 2 heterocycles. The maximum atomic E-state index is 10.7. The molecule has 0 aliphatic heterocycles. The topological polar surface area (TPSA) is 63.7 Å². The SMILES string of the molecule is CCCCC(O)CN(Cc1ccco1)Cc1c(C)nn(-c2ccccc2)c1Oc1ccccc1. The quantitative estimate of drug-likeness (QED) is 0.277. The second-order valence-corrected chi connectivity index (χ2v) is 8.58. The molecule has 6 nitrogen and oxygen atoms in total. The number of aliphatic hydroxyl groups is 1. The first-order valence-electron chi connectivity index (χ1n) is 11.9. The van der Waals surface area contributed by atoms with Crippen LogP contribution in [0.25, 0.3) is 5.69 Å². The molecule has 178 valence electrons. The van der Waals surface area contributed by atoms with Gasteiger partial charge in [0.25, 0.3) is 0 Å². The zero-order chi connectivity index (χ0) is 23.8. The van der Waals surface area contributed by atoms with E-state index < -0.39 is 6.10 Å². The van der Waals surface area contributed by atoms with E-state index in [1.165, 1.54) is 0 Å². The highest BCUT2D eigenvalue weighted by molar-refractivity contribution is 5.43. The van der Waals surface area contributed by atoms with Crippen molar-refractivity contribution in [3.05, 3.63) is 96.1 Å². The number of aromatic nitrogens is 2. The Labute approximate surface area is 201 Å². The lowest BCUT2D eigenvalue weighted by Crippen LogP contribution is -2.32. The standard InChI is InChI=1S/C28H33N3O3/c1-3-4-14-24(32)19-30(20-26-17-11-18-33-26)21-27-22(2)29-31(23-12-7-5-8-13-23)28(27)34-25-15-9-6-10-16-25/h5-13,15-18,24,32H,3-4,14,19-21H2,1-2H3. The summed E-state index contributed by atoms with van der Waals surface area (Å²) in [5.41, 5.74) is 2.81. The third kappa shape index (κ3) is 6.16. The fraction of sp³-hybridized carbons (Fsp3) is 0.321. The van der Waals surface area contributed by atoms with E-state index in [2.05, 4.69) is 11.8 Å². The van der Waals surface area contributed by atoms with Crippen LogP contribution in [-0.4, -0.2) is 32.4 Å². The molecule has 6 heteroatoms. The number of nitrogens with zero attached hydrogens (tertiary/aromatic N) is 3. The van der Waals surface area contributed by atoms with Crippen molar-refractivity contribution >= 4 is 0 Å². The summed E-state index contributed by atoms with van der Waals surface area (Å²) in [5.74, 6) is 2.30. The maximum absolute atomic E-state index is 10.7. The minimum atomic E-state index is -0.405. The van der Waals surface area contributed by atoms with Crippen molar-refractivity contribution in [1.29, 1.82) is 0 Å². The van der Waals surface area contributed by atoms with Gasteiger partial charge in [-0.25, -0.2) is 4.68 Å². The molecule has 1 N–H and O–H groups in total. The predicted octanol–water partition coefficient (Wildman–Crippen LogP) is 6.12. The van der Waals surface area contributed by atoms with Crippen LogP contribution in [0.1, 0.15) is 43.2 Å². The fourth-order valence-corrected chi connectivity index (χ4v) is 4.03. The summed E-state index contributed by atoms with van der Waals surface area (Å²) < 4.78 is 13.9. The van der Waals surface area contributed by atoms with Gasteiger partial charge in [-0.15, -0.1) is 0 Å². The fourth-order valence-electron chi connectivity index (χ4n) is 4.03. The van der Waals surface area contributed by atoms with Crippen molar-refractivity contribution in [3.8, 4) is 17.3 Å². The molecule has 0 radical (unpaired) electrons. The average molecular weight is 460 g/mol. The number of rotatable bonds is 12. The molecule has 2 aromatic heterocycles. The molecular weight excluding hydrogens is 426 g/mol. The Morgan fingerprint density at radius 3 is 2.41 bits per heavy atom. The van der Waals surface area contributed by atoms with Crippen LogP contribution in [0.3, 0.4) is 0 Å². The number of furan rings is 1. The number of para-hydroxylation sites is 2. The summed E-state index contributed by atoms with van der Waals surface area (Å²) >= 11 is 0. The van der Waals surface area contributed by atoms with Crippen molar-refractivity contribution in [1.82, 2.24) is 14.7 Å². The first-order chi connectivity index (χ1) is 16.6. The molecule has 4 rings (SSSR count). The molecule has 0 spiro atoms. The van der Waals surface area contributed by atoms with Crippen molar-refractivity contribution in [3.63, 3.8) is 0 Å². The summed E-state index contributed by atoms with van der Waals surface area (Å²) in [6.45, 7) is 5.86. The molecule has 34 heavy (non-hydrogen) atoms. The van der Waals surface area contributed by atoms with E-state index in [0.29, 0.717) is 25.5 Å². The molecule has 0 saturated heterocycles. The maximum Gasteiger partial charge on any atom is 0.227 e. The normalized spacial score (nSPS) is 12.2. The van der Waals surface area contributed by atoms with Crippen molar-refractivity contribution in [2.24, 2.45) is 0 Å². The summed E-state index contributed by atoms with van der Waals surface area (Å²) in [4.78, 5) is 2.20. The number of benzene rings is 2. The highest BCUT2D eigenvalue weighted by Gasteiger charge is 2.23. The molecule has 1 unspecified atom stereocenters. The molecule has 0 fully saturated rings. The first-order valence-corrected chi connectivity index (χ1v) is 11.9. The van der Waals surface area contributed by atoms with E-state index in [9.17, 15) is 5.11 Å². The van der Waals surface area contributed by atoms with E-state index in [0.717, 1.165) is 47.7 Å². The van der Waals surface area contributed by atoms with E-state index in [4.69, 9.17) is 14.3 Å². The molecule has 0 aliphatic carbocycles. The molecule has 4 aromatic rings.